The van der Waals surface area contributed by atoms with Crippen LogP contribution in [0.2, 0.25) is 0 Å². The smallest absolute Gasteiger partial charge is 0.346 e. The van der Waals surface area contributed by atoms with E-state index in [0.29, 0.717) is 12.5 Å². The second kappa shape index (κ2) is 6.60. The summed E-state index contributed by atoms with van der Waals surface area (Å²) < 4.78 is 2.20. The SMILES string of the molecule is CC(C)c1ccc(CCNc2nn(C)c(=O)n(C)c2=O)cc1. The number of hydrogen-bond donors (Lipinski definition) is 1. The Morgan fingerprint density at radius 2 is 1.77 bits per heavy atom. The Kier molecular flexibility index (Phi) is 4.80. The van der Waals surface area contributed by atoms with Crippen LogP contribution in [-0.4, -0.2) is 20.9 Å². The van der Waals surface area contributed by atoms with Crippen molar-refractivity contribution in [3.63, 3.8) is 0 Å². The maximum atomic E-state index is 11.9. The topological polar surface area (TPSA) is 68.9 Å². The monoisotopic (exact) mass is 302 g/mol. The molecule has 1 aromatic carbocycles. The Morgan fingerprint density at radius 1 is 1.14 bits per heavy atom. The summed E-state index contributed by atoms with van der Waals surface area (Å²) in [6.45, 7) is 4.91. The Morgan fingerprint density at radius 3 is 2.36 bits per heavy atom. The Balaban J connectivity index is 2.02. The van der Waals surface area contributed by atoms with Crippen LogP contribution < -0.4 is 16.6 Å². The molecule has 118 valence electrons. The lowest BCUT2D eigenvalue weighted by atomic mass is 10.0. The summed E-state index contributed by atoms with van der Waals surface area (Å²) in [5.41, 5.74) is 1.67. The van der Waals surface area contributed by atoms with Crippen LogP contribution >= 0.6 is 0 Å². The average Bonchev–Trinajstić information content (AvgIpc) is 2.50. The number of anilines is 1. The van der Waals surface area contributed by atoms with Crippen molar-refractivity contribution in [3.05, 3.63) is 56.2 Å². The Bertz CT molecular complexity index is 757. The third-order valence-corrected chi connectivity index (χ3v) is 3.67. The maximum absolute atomic E-state index is 11.9. The summed E-state index contributed by atoms with van der Waals surface area (Å²) in [7, 11) is 2.97. The summed E-state index contributed by atoms with van der Waals surface area (Å²) >= 11 is 0. The van der Waals surface area contributed by atoms with Gasteiger partial charge in [0.15, 0.2) is 0 Å². The molecule has 0 aliphatic carbocycles. The van der Waals surface area contributed by atoms with Crippen LogP contribution in [0.5, 0.6) is 0 Å². The summed E-state index contributed by atoms with van der Waals surface area (Å²) in [6, 6.07) is 8.46. The first kappa shape index (κ1) is 16.0. The molecule has 0 atom stereocenters. The molecule has 0 radical (unpaired) electrons. The zero-order valence-electron chi connectivity index (χ0n) is 13.5. The lowest BCUT2D eigenvalue weighted by molar-refractivity contribution is 0.604. The van der Waals surface area contributed by atoms with Gasteiger partial charge in [-0.3, -0.25) is 9.36 Å². The van der Waals surface area contributed by atoms with Gasteiger partial charge in [-0.05, 0) is 23.5 Å². The first-order valence-corrected chi connectivity index (χ1v) is 7.37. The van der Waals surface area contributed by atoms with Gasteiger partial charge in [-0.2, -0.15) is 0 Å². The van der Waals surface area contributed by atoms with Crippen molar-refractivity contribution < 1.29 is 0 Å². The second-order valence-electron chi connectivity index (χ2n) is 5.69. The predicted molar refractivity (Wildman–Crippen MR) is 87.4 cm³/mol. The van der Waals surface area contributed by atoms with Crippen molar-refractivity contribution in [2.24, 2.45) is 14.1 Å². The average molecular weight is 302 g/mol. The van der Waals surface area contributed by atoms with E-state index in [0.717, 1.165) is 15.7 Å². The van der Waals surface area contributed by atoms with Crippen LogP contribution in [0, 0.1) is 0 Å². The second-order valence-corrected chi connectivity index (χ2v) is 5.69. The molecule has 0 amide bonds. The molecule has 2 aromatic rings. The van der Waals surface area contributed by atoms with Crippen LogP contribution in [0.15, 0.2) is 33.9 Å². The van der Waals surface area contributed by atoms with Crippen molar-refractivity contribution >= 4 is 5.82 Å². The summed E-state index contributed by atoms with van der Waals surface area (Å²) in [5, 5.41) is 6.96. The molecule has 1 aromatic heterocycles. The molecule has 0 aliphatic rings. The van der Waals surface area contributed by atoms with Gasteiger partial charge in [0.05, 0.1) is 0 Å². The first-order chi connectivity index (χ1) is 10.4. The van der Waals surface area contributed by atoms with E-state index in [9.17, 15) is 9.59 Å². The van der Waals surface area contributed by atoms with Crippen molar-refractivity contribution in [2.45, 2.75) is 26.2 Å². The molecule has 1 heterocycles. The molecule has 6 heteroatoms. The van der Waals surface area contributed by atoms with Gasteiger partial charge in [0.25, 0.3) is 5.56 Å². The van der Waals surface area contributed by atoms with E-state index < -0.39 is 11.2 Å². The molecule has 22 heavy (non-hydrogen) atoms. The third-order valence-electron chi connectivity index (χ3n) is 3.67. The van der Waals surface area contributed by atoms with Gasteiger partial charge in [-0.1, -0.05) is 38.1 Å². The van der Waals surface area contributed by atoms with Gasteiger partial charge in [0.2, 0.25) is 5.82 Å². The molecule has 1 N–H and O–H groups in total. The highest BCUT2D eigenvalue weighted by molar-refractivity contribution is 5.31. The van der Waals surface area contributed by atoms with E-state index in [4.69, 9.17) is 0 Å². The molecule has 0 saturated heterocycles. The van der Waals surface area contributed by atoms with Crippen LogP contribution in [-0.2, 0) is 20.5 Å². The fraction of sp³-hybridized carbons (Fsp3) is 0.438. The number of aryl methyl sites for hydroxylation is 1. The summed E-state index contributed by atoms with van der Waals surface area (Å²) in [6.07, 6.45) is 0.784. The highest BCUT2D eigenvalue weighted by Gasteiger charge is 2.07. The largest absolute Gasteiger partial charge is 0.364 e. The van der Waals surface area contributed by atoms with Crippen molar-refractivity contribution in [1.82, 2.24) is 14.3 Å². The maximum Gasteiger partial charge on any atom is 0.346 e. The number of rotatable bonds is 5. The van der Waals surface area contributed by atoms with Crippen LogP contribution in [0.3, 0.4) is 0 Å². The minimum Gasteiger partial charge on any atom is -0.364 e. The number of benzene rings is 1. The van der Waals surface area contributed by atoms with Gasteiger partial charge in [0, 0.05) is 20.6 Å². The van der Waals surface area contributed by atoms with E-state index in [1.165, 1.54) is 25.2 Å². The molecule has 6 nitrogen and oxygen atoms in total. The summed E-state index contributed by atoms with van der Waals surface area (Å²) in [5.74, 6) is 0.716. The standard InChI is InChI=1S/C16H22N4O2/c1-11(2)13-7-5-12(6-8-13)9-10-17-14-15(21)19(3)16(22)20(4)18-14/h5-8,11H,9-10H2,1-4H3,(H,17,18). The Labute approximate surface area is 129 Å². The van der Waals surface area contributed by atoms with E-state index in [-0.39, 0.29) is 5.82 Å². The van der Waals surface area contributed by atoms with Gasteiger partial charge in [-0.25, -0.2) is 9.48 Å². The third kappa shape index (κ3) is 3.44. The van der Waals surface area contributed by atoms with Gasteiger partial charge >= 0.3 is 5.69 Å². The van der Waals surface area contributed by atoms with Crippen LogP contribution in [0.25, 0.3) is 0 Å². The van der Waals surface area contributed by atoms with Gasteiger partial charge in [-0.15, -0.1) is 5.10 Å². The minimum atomic E-state index is -0.431. The summed E-state index contributed by atoms with van der Waals surface area (Å²) in [4.78, 5) is 23.5. The van der Waals surface area contributed by atoms with Gasteiger partial charge < -0.3 is 5.32 Å². The molecule has 0 unspecified atom stereocenters. The van der Waals surface area contributed by atoms with Crippen LogP contribution in [0.1, 0.15) is 30.9 Å². The predicted octanol–water partition coefficient (Wildman–Crippen LogP) is 1.26. The molecular formula is C16H22N4O2. The fourth-order valence-electron chi connectivity index (χ4n) is 2.20. The number of hydrogen-bond acceptors (Lipinski definition) is 4. The number of nitrogens with one attached hydrogen (secondary N) is 1. The molecule has 0 spiro atoms. The molecule has 0 fully saturated rings. The van der Waals surface area contributed by atoms with E-state index in [1.807, 2.05) is 0 Å². The van der Waals surface area contributed by atoms with Gasteiger partial charge in [0.1, 0.15) is 0 Å². The normalized spacial score (nSPS) is 11.0. The number of nitrogens with zero attached hydrogens (tertiary/aromatic N) is 3. The molecular weight excluding hydrogens is 280 g/mol. The molecule has 0 aliphatic heterocycles. The molecule has 2 rings (SSSR count). The molecule has 0 saturated carbocycles. The van der Waals surface area contributed by atoms with Crippen molar-refractivity contribution in [3.8, 4) is 0 Å². The fourth-order valence-corrected chi connectivity index (χ4v) is 2.20. The Hall–Kier alpha value is -2.37. The molecule has 0 bridgehead atoms. The van der Waals surface area contributed by atoms with Crippen LogP contribution in [0.4, 0.5) is 5.82 Å². The van der Waals surface area contributed by atoms with E-state index in [2.05, 4.69) is 48.5 Å². The lowest BCUT2D eigenvalue weighted by Gasteiger charge is -2.09. The van der Waals surface area contributed by atoms with Crippen molar-refractivity contribution in [2.75, 3.05) is 11.9 Å². The zero-order chi connectivity index (χ0) is 16.3. The lowest BCUT2D eigenvalue weighted by Crippen LogP contribution is -2.40. The highest BCUT2D eigenvalue weighted by atomic mass is 16.2. The quantitative estimate of drug-likeness (QED) is 0.903. The van der Waals surface area contributed by atoms with Crippen molar-refractivity contribution in [1.29, 1.82) is 0 Å². The van der Waals surface area contributed by atoms with E-state index >= 15 is 0 Å². The zero-order valence-corrected chi connectivity index (χ0v) is 13.5. The highest BCUT2D eigenvalue weighted by Crippen LogP contribution is 2.14. The van der Waals surface area contributed by atoms with E-state index in [1.54, 1.807) is 0 Å². The minimum absolute atomic E-state index is 0.198. The first-order valence-electron chi connectivity index (χ1n) is 7.37. The number of aromatic nitrogens is 3.